The van der Waals surface area contributed by atoms with Crippen LogP contribution in [0.25, 0.3) is 10.9 Å². The largest absolute Gasteiger partial charge is 0.481 e. The molecule has 1 aliphatic carbocycles. The van der Waals surface area contributed by atoms with Crippen molar-refractivity contribution in [3.8, 4) is 0 Å². The number of halogens is 1. The number of carbonyl (C=O) groups is 2. The summed E-state index contributed by atoms with van der Waals surface area (Å²) in [6.45, 7) is 2.01. The predicted molar refractivity (Wildman–Crippen MR) is 88.4 cm³/mol. The van der Waals surface area contributed by atoms with Gasteiger partial charge in [0.15, 0.2) is 0 Å². The van der Waals surface area contributed by atoms with E-state index >= 15 is 0 Å². The fraction of sp³-hybridized carbons (Fsp3) is 0.375. The van der Waals surface area contributed by atoms with E-state index in [1.54, 1.807) is 6.07 Å². The maximum Gasteiger partial charge on any atom is 0.306 e. The minimum absolute atomic E-state index is 0.0493. The van der Waals surface area contributed by atoms with Crippen LogP contribution in [0, 0.1) is 12.8 Å². The summed E-state index contributed by atoms with van der Waals surface area (Å²) < 4.78 is 0.930. The van der Waals surface area contributed by atoms with Gasteiger partial charge in [-0.2, -0.15) is 0 Å². The third kappa shape index (κ3) is 3.11. The van der Waals surface area contributed by atoms with Crippen molar-refractivity contribution in [3.63, 3.8) is 0 Å². The highest BCUT2D eigenvalue weighted by molar-refractivity contribution is 9.10. The Morgan fingerprint density at radius 1 is 1.39 bits per heavy atom. The van der Waals surface area contributed by atoms with Crippen molar-refractivity contribution in [2.45, 2.75) is 25.4 Å². The quantitative estimate of drug-likeness (QED) is 0.652. The van der Waals surface area contributed by atoms with Crippen LogP contribution in [-0.2, 0) is 4.79 Å². The number of amides is 1. The van der Waals surface area contributed by atoms with Gasteiger partial charge in [-0.25, -0.2) is 0 Å². The Labute approximate surface area is 141 Å². The van der Waals surface area contributed by atoms with Gasteiger partial charge < -0.3 is 20.5 Å². The molecular formula is C16H17BrN2O4. The molecular weight excluding hydrogens is 364 g/mol. The van der Waals surface area contributed by atoms with Gasteiger partial charge in [0.05, 0.1) is 11.5 Å². The Hall–Kier alpha value is -1.86. The van der Waals surface area contributed by atoms with E-state index in [1.165, 1.54) is 0 Å². The Kier molecular flexibility index (Phi) is 3.93. The predicted octanol–water partition coefficient (Wildman–Crippen LogP) is 2.19. The molecule has 0 spiro atoms. The van der Waals surface area contributed by atoms with Crippen LogP contribution in [0.2, 0.25) is 0 Å². The van der Waals surface area contributed by atoms with Gasteiger partial charge in [0.2, 0.25) is 0 Å². The molecule has 7 heteroatoms. The summed E-state index contributed by atoms with van der Waals surface area (Å²) in [6.07, 6.45) is 0.336. The lowest BCUT2D eigenvalue weighted by atomic mass is 9.71. The van der Waals surface area contributed by atoms with E-state index in [2.05, 4.69) is 26.2 Å². The molecule has 1 fully saturated rings. The van der Waals surface area contributed by atoms with Crippen molar-refractivity contribution < 1.29 is 19.8 Å². The number of carboxylic acids is 1. The molecule has 1 amide bonds. The lowest BCUT2D eigenvalue weighted by Crippen LogP contribution is -2.54. The van der Waals surface area contributed by atoms with Crippen LogP contribution >= 0.6 is 15.9 Å². The number of aliphatic hydroxyl groups is 1. The van der Waals surface area contributed by atoms with Gasteiger partial charge in [0.1, 0.15) is 5.69 Å². The van der Waals surface area contributed by atoms with E-state index < -0.39 is 17.5 Å². The minimum Gasteiger partial charge on any atom is -0.481 e. The number of benzene rings is 1. The second-order valence-corrected chi connectivity index (χ2v) is 7.13. The number of rotatable bonds is 4. The first-order valence-corrected chi connectivity index (χ1v) is 8.09. The normalized spacial score (nSPS) is 23.5. The van der Waals surface area contributed by atoms with Crippen molar-refractivity contribution in [3.05, 3.63) is 33.9 Å². The molecule has 1 aromatic carbocycles. The molecule has 1 aliphatic rings. The molecule has 1 saturated carbocycles. The SMILES string of the molecule is Cc1cc(Br)cc2[nH]c(C(=O)NCC3(O)CC(C(=O)O)C3)cc12. The second kappa shape index (κ2) is 5.65. The Morgan fingerprint density at radius 3 is 2.74 bits per heavy atom. The Balaban J connectivity index is 1.67. The van der Waals surface area contributed by atoms with Crippen molar-refractivity contribution in [1.29, 1.82) is 0 Å². The number of hydrogen-bond acceptors (Lipinski definition) is 3. The number of hydrogen-bond donors (Lipinski definition) is 4. The average molecular weight is 381 g/mol. The van der Waals surface area contributed by atoms with Gasteiger partial charge in [-0.1, -0.05) is 15.9 Å². The molecule has 1 heterocycles. The van der Waals surface area contributed by atoms with Gasteiger partial charge in [-0.15, -0.1) is 0 Å². The van der Waals surface area contributed by atoms with Gasteiger partial charge in [-0.3, -0.25) is 9.59 Å². The molecule has 122 valence electrons. The summed E-state index contributed by atoms with van der Waals surface area (Å²) >= 11 is 3.42. The first-order chi connectivity index (χ1) is 10.8. The number of H-pyrrole nitrogens is 1. The molecule has 3 rings (SSSR count). The zero-order valence-corrected chi connectivity index (χ0v) is 14.1. The second-order valence-electron chi connectivity index (χ2n) is 6.22. The molecule has 4 N–H and O–H groups in total. The highest BCUT2D eigenvalue weighted by Gasteiger charge is 2.46. The fourth-order valence-corrected chi connectivity index (χ4v) is 3.59. The van der Waals surface area contributed by atoms with Gasteiger partial charge in [0.25, 0.3) is 5.91 Å². The van der Waals surface area contributed by atoms with Crippen LogP contribution < -0.4 is 5.32 Å². The van der Waals surface area contributed by atoms with Gasteiger partial charge >= 0.3 is 5.97 Å². The third-order valence-corrected chi connectivity index (χ3v) is 4.79. The minimum atomic E-state index is -1.12. The Bertz CT molecular complexity index is 793. The summed E-state index contributed by atoms with van der Waals surface area (Å²) in [7, 11) is 0. The standard InChI is InChI=1S/C16H17BrN2O4/c1-8-2-10(17)3-12-11(8)4-13(19-12)14(20)18-7-16(23)5-9(6-16)15(21)22/h2-4,9,19,23H,5-7H2,1H3,(H,18,20)(H,21,22). The number of aliphatic carboxylic acids is 1. The number of fused-ring (bicyclic) bond motifs is 1. The van der Waals surface area contributed by atoms with Crippen molar-refractivity contribution in [1.82, 2.24) is 10.3 Å². The average Bonchev–Trinajstić information content (AvgIpc) is 2.85. The van der Waals surface area contributed by atoms with Crippen LogP contribution in [0.15, 0.2) is 22.7 Å². The summed E-state index contributed by atoms with van der Waals surface area (Å²) in [5.74, 6) is -1.74. The van der Waals surface area contributed by atoms with Crippen LogP contribution in [0.5, 0.6) is 0 Å². The number of carboxylic acid groups (broad SMARTS) is 1. The lowest BCUT2D eigenvalue weighted by molar-refractivity contribution is -0.157. The van der Waals surface area contributed by atoms with Crippen LogP contribution in [-0.4, -0.2) is 39.2 Å². The monoisotopic (exact) mass is 380 g/mol. The molecule has 6 nitrogen and oxygen atoms in total. The number of aromatic nitrogens is 1. The van der Waals surface area contributed by atoms with Crippen LogP contribution in [0.1, 0.15) is 28.9 Å². The summed E-state index contributed by atoms with van der Waals surface area (Å²) in [5, 5.41) is 22.6. The molecule has 0 atom stereocenters. The highest BCUT2D eigenvalue weighted by Crippen LogP contribution is 2.37. The van der Waals surface area contributed by atoms with E-state index in [1.807, 2.05) is 19.1 Å². The number of carbonyl (C=O) groups excluding carboxylic acids is 1. The zero-order valence-electron chi connectivity index (χ0n) is 12.5. The van der Waals surface area contributed by atoms with Gasteiger partial charge in [0, 0.05) is 21.9 Å². The molecule has 23 heavy (non-hydrogen) atoms. The van der Waals surface area contributed by atoms with Crippen LogP contribution in [0.4, 0.5) is 0 Å². The topological polar surface area (TPSA) is 102 Å². The number of aryl methyl sites for hydroxylation is 1. The van der Waals surface area contributed by atoms with Gasteiger partial charge in [-0.05, 0) is 43.5 Å². The van der Waals surface area contributed by atoms with E-state index in [9.17, 15) is 14.7 Å². The van der Waals surface area contributed by atoms with Crippen molar-refractivity contribution in [2.75, 3.05) is 6.54 Å². The molecule has 0 unspecified atom stereocenters. The van der Waals surface area contributed by atoms with Crippen molar-refractivity contribution >= 4 is 38.7 Å². The van der Waals surface area contributed by atoms with Crippen LogP contribution in [0.3, 0.4) is 0 Å². The smallest absolute Gasteiger partial charge is 0.306 e. The summed E-state index contributed by atoms with van der Waals surface area (Å²) in [5.41, 5.74) is 1.20. The Morgan fingerprint density at radius 2 is 2.09 bits per heavy atom. The first-order valence-electron chi connectivity index (χ1n) is 7.30. The third-order valence-electron chi connectivity index (χ3n) is 4.33. The van der Waals surface area contributed by atoms with Crippen molar-refractivity contribution in [2.24, 2.45) is 5.92 Å². The summed E-state index contributed by atoms with van der Waals surface area (Å²) in [6, 6.07) is 5.65. The maximum atomic E-state index is 12.2. The van der Waals surface area contributed by atoms with E-state index in [0.29, 0.717) is 5.69 Å². The number of aromatic amines is 1. The van der Waals surface area contributed by atoms with E-state index in [-0.39, 0.29) is 25.3 Å². The highest BCUT2D eigenvalue weighted by atomic mass is 79.9. The summed E-state index contributed by atoms with van der Waals surface area (Å²) in [4.78, 5) is 26.1. The zero-order chi connectivity index (χ0) is 16.8. The molecule has 0 saturated heterocycles. The number of nitrogens with one attached hydrogen (secondary N) is 2. The molecule has 2 aromatic rings. The molecule has 0 bridgehead atoms. The van der Waals surface area contributed by atoms with E-state index in [4.69, 9.17) is 5.11 Å². The molecule has 1 aromatic heterocycles. The van der Waals surface area contributed by atoms with E-state index in [0.717, 1.165) is 20.9 Å². The molecule has 0 aliphatic heterocycles. The first kappa shape index (κ1) is 16.0. The maximum absolute atomic E-state index is 12.2. The fourth-order valence-electron chi connectivity index (χ4n) is 3.01. The lowest BCUT2D eigenvalue weighted by Gasteiger charge is -2.41. The molecule has 0 radical (unpaired) electrons.